The molecular formula is C10H18N2O3S2. The third-order valence-corrected chi connectivity index (χ3v) is 5.22. The number of rotatable bonds is 8. The van der Waals surface area contributed by atoms with Crippen molar-refractivity contribution in [1.29, 1.82) is 0 Å². The van der Waals surface area contributed by atoms with Gasteiger partial charge in [0.25, 0.3) is 0 Å². The molecule has 0 unspecified atom stereocenters. The maximum Gasteiger partial charge on any atom is 0.250 e. The van der Waals surface area contributed by atoms with Crippen LogP contribution in [0.25, 0.3) is 0 Å². The molecule has 17 heavy (non-hydrogen) atoms. The number of likely N-dealkylation sites (N-methyl/N-ethyl adjacent to an activating group) is 1. The third kappa shape index (κ3) is 4.72. The maximum absolute atomic E-state index is 11.8. The molecule has 7 heteroatoms. The second-order valence-corrected chi connectivity index (χ2v) is 6.63. The lowest BCUT2D eigenvalue weighted by molar-refractivity contribution is 0.204. The summed E-state index contributed by atoms with van der Waals surface area (Å²) < 4.78 is 31.3. The van der Waals surface area contributed by atoms with Crippen molar-refractivity contribution < 1.29 is 13.2 Å². The molecule has 0 aromatic carbocycles. The van der Waals surface area contributed by atoms with Crippen molar-refractivity contribution in [2.45, 2.75) is 10.6 Å². The molecule has 0 fully saturated rings. The fourth-order valence-corrected chi connectivity index (χ4v) is 3.65. The number of ether oxygens (including phenoxy) is 1. The Kier molecular flexibility index (Phi) is 6.07. The summed E-state index contributed by atoms with van der Waals surface area (Å²) in [6.07, 6.45) is 0.842. The predicted molar refractivity (Wildman–Crippen MR) is 69.0 cm³/mol. The lowest BCUT2D eigenvalue weighted by atomic mass is 10.3. The number of thiophene rings is 1. The predicted octanol–water partition coefficient (Wildman–Crippen LogP) is 0.435. The van der Waals surface area contributed by atoms with Crippen molar-refractivity contribution >= 4 is 21.4 Å². The zero-order chi connectivity index (χ0) is 12.7. The number of methoxy groups -OCH3 is 1. The molecule has 0 amide bonds. The summed E-state index contributed by atoms with van der Waals surface area (Å²) in [6, 6.07) is 3.50. The number of hydrogen-bond donors (Lipinski definition) is 2. The normalized spacial score (nSPS) is 11.9. The average Bonchev–Trinajstić information content (AvgIpc) is 2.76. The van der Waals surface area contributed by atoms with Crippen LogP contribution in [-0.2, 0) is 21.2 Å². The zero-order valence-electron chi connectivity index (χ0n) is 10.0. The summed E-state index contributed by atoms with van der Waals surface area (Å²) in [5, 5.41) is 3.03. The fraction of sp³-hybridized carbons (Fsp3) is 0.600. The lowest BCUT2D eigenvalue weighted by Gasteiger charge is -2.03. The molecule has 2 N–H and O–H groups in total. The number of nitrogens with one attached hydrogen (secondary N) is 2. The molecule has 1 heterocycles. The Morgan fingerprint density at radius 2 is 2.12 bits per heavy atom. The van der Waals surface area contributed by atoms with Crippen LogP contribution in [0.1, 0.15) is 4.88 Å². The number of sulfonamides is 1. The highest BCUT2D eigenvalue weighted by molar-refractivity contribution is 7.91. The minimum Gasteiger partial charge on any atom is -0.383 e. The molecule has 0 atom stereocenters. The summed E-state index contributed by atoms with van der Waals surface area (Å²) in [5.74, 6) is 0. The first-order valence-electron chi connectivity index (χ1n) is 5.32. The van der Waals surface area contributed by atoms with Crippen LogP contribution in [-0.4, -0.2) is 42.3 Å². The molecule has 0 saturated heterocycles. The van der Waals surface area contributed by atoms with Crippen molar-refractivity contribution in [3.63, 3.8) is 0 Å². The van der Waals surface area contributed by atoms with Gasteiger partial charge in [0.2, 0.25) is 10.0 Å². The van der Waals surface area contributed by atoms with Crippen molar-refractivity contribution in [3.05, 3.63) is 17.0 Å². The molecule has 0 radical (unpaired) electrons. The number of hydrogen-bond acceptors (Lipinski definition) is 5. The van der Waals surface area contributed by atoms with Gasteiger partial charge in [-0.25, -0.2) is 13.1 Å². The van der Waals surface area contributed by atoms with E-state index in [1.165, 1.54) is 18.4 Å². The molecular weight excluding hydrogens is 260 g/mol. The van der Waals surface area contributed by atoms with E-state index in [4.69, 9.17) is 4.74 Å². The van der Waals surface area contributed by atoms with Gasteiger partial charge in [-0.1, -0.05) is 0 Å². The first-order valence-corrected chi connectivity index (χ1v) is 7.62. The lowest BCUT2D eigenvalue weighted by Crippen LogP contribution is -2.26. The van der Waals surface area contributed by atoms with Crippen molar-refractivity contribution in [2.75, 3.05) is 33.9 Å². The fourth-order valence-electron chi connectivity index (χ4n) is 1.23. The summed E-state index contributed by atoms with van der Waals surface area (Å²) >= 11 is 1.31. The van der Waals surface area contributed by atoms with Crippen LogP contribution in [0.5, 0.6) is 0 Å². The van der Waals surface area contributed by atoms with Gasteiger partial charge in [0.15, 0.2) is 0 Å². The molecule has 5 nitrogen and oxygen atoms in total. The Bertz CT molecular complexity index is 429. The van der Waals surface area contributed by atoms with Gasteiger partial charge in [-0.15, -0.1) is 11.3 Å². The maximum atomic E-state index is 11.8. The third-order valence-electron chi connectivity index (χ3n) is 2.12. The summed E-state index contributed by atoms with van der Waals surface area (Å²) in [7, 11) is 0.0410. The highest BCUT2D eigenvalue weighted by Crippen LogP contribution is 2.21. The van der Waals surface area contributed by atoms with E-state index >= 15 is 0 Å². The summed E-state index contributed by atoms with van der Waals surface area (Å²) in [4.78, 5) is 1.06. The molecule has 1 rings (SSSR count). The van der Waals surface area contributed by atoms with Crippen LogP contribution in [0.4, 0.5) is 0 Å². The largest absolute Gasteiger partial charge is 0.383 e. The molecule has 1 aromatic rings. The van der Waals surface area contributed by atoms with Gasteiger partial charge in [-0.05, 0) is 32.1 Å². The van der Waals surface area contributed by atoms with Crippen LogP contribution in [0.15, 0.2) is 16.3 Å². The molecule has 0 spiro atoms. The van der Waals surface area contributed by atoms with E-state index in [0.717, 1.165) is 17.8 Å². The monoisotopic (exact) mass is 278 g/mol. The van der Waals surface area contributed by atoms with Gasteiger partial charge in [-0.3, -0.25) is 0 Å². The standard InChI is InChI=1S/C10H18N2O3S2/c1-11-6-5-9-3-4-10(16-9)17(13,14)12-7-8-15-2/h3-4,11-12H,5-8H2,1-2H3. The second kappa shape index (κ2) is 7.07. The van der Waals surface area contributed by atoms with Crippen molar-refractivity contribution in [1.82, 2.24) is 10.0 Å². The second-order valence-electron chi connectivity index (χ2n) is 3.46. The SMILES string of the molecule is CNCCc1ccc(S(=O)(=O)NCCOC)s1. The summed E-state index contributed by atoms with van der Waals surface area (Å²) in [6.45, 7) is 1.51. The molecule has 0 bridgehead atoms. The van der Waals surface area contributed by atoms with E-state index < -0.39 is 10.0 Å². The zero-order valence-corrected chi connectivity index (χ0v) is 11.7. The van der Waals surface area contributed by atoms with Gasteiger partial charge in [0.05, 0.1) is 6.61 Å². The van der Waals surface area contributed by atoms with E-state index in [0.29, 0.717) is 17.4 Å². The van der Waals surface area contributed by atoms with Gasteiger partial charge in [0, 0.05) is 18.5 Å². The van der Waals surface area contributed by atoms with E-state index in [9.17, 15) is 8.42 Å². The van der Waals surface area contributed by atoms with E-state index in [-0.39, 0.29) is 0 Å². The van der Waals surface area contributed by atoms with Gasteiger partial charge >= 0.3 is 0 Å². The van der Waals surface area contributed by atoms with Crippen molar-refractivity contribution in [3.8, 4) is 0 Å². The van der Waals surface area contributed by atoms with Crippen LogP contribution < -0.4 is 10.0 Å². The Morgan fingerprint density at radius 1 is 1.35 bits per heavy atom. The van der Waals surface area contributed by atoms with E-state index in [2.05, 4.69) is 10.0 Å². The molecule has 0 saturated carbocycles. The smallest absolute Gasteiger partial charge is 0.250 e. The highest BCUT2D eigenvalue weighted by Gasteiger charge is 2.15. The Hall–Kier alpha value is -0.470. The van der Waals surface area contributed by atoms with Crippen molar-refractivity contribution in [2.24, 2.45) is 0 Å². The quantitative estimate of drug-likeness (QED) is 0.677. The van der Waals surface area contributed by atoms with Crippen LogP contribution in [0.3, 0.4) is 0 Å². The molecule has 1 aromatic heterocycles. The molecule has 0 aliphatic carbocycles. The van der Waals surface area contributed by atoms with Crippen LogP contribution in [0.2, 0.25) is 0 Å². The van der Waals surface area contributed by atoms with E-state index in [1.807, 2.05) is 13.1 Å². The van der Waals surface area contributed by atoms with Gasteiger partial charge < -0.3 is 10.1 Å². The summed E-state index contributed by atoms with van der Waals surface area (Å²) in [5.41, 5.74) is 0. The average molecular weight is 278 g/mol. The first kappa shape index (κ1) is 14.6. The highest BCUT2D eigenvalue weighted by atomic mass is 32.2. The minimum absolute atomic E-state index is 0.294. The minimum atomic E-state index is -3.37. The topological polar surface area (TPSA) is 67.4 Å². The first-order chi connectivity index (χ1) is 8.10. The van der Waals surface area contributed by atoms with Gasteiger partial charge in [0.1, 0.15) is 4.21 Å². The Labute approximate surface area is 106 Å². The molecule has 0 aliphatic rings. The Balaban J connectivity index is 2.61. The van der Waals surface area contributed by atoms with E-state index in [1.54, 1.807) is 6.07 Å². The Morgan fingerprint density at radius 3 is 2.76 bits per heavy atom. The van der Waals surface area contributed by atoms with Crippen LogP contribution >= 0.6 is 11.3 Å². The van der Waals surface area contributed by atoms with Crippen LogP contribution in [0, 0.1) is 0 Å². The molecule has 98 valence electrons. The molecule has 0 aliphatic heterocycles. The van der Waals surface area contributed by atoms with Gasteiger partial charge in [-0.2, -0.15) is 0 Å².